The molecule has 3 rings (SSSR count). The summed E-state index contributed by atoms with van der Waals surface area (Å²) in [6.45, 7) is 0. The Morgan fingerprint density at radius 3 is 3.06 bits per heavy atom. The van der Waals surface area contributed by atoms with Crippen molar-refractivity contribution in [1.82, 2.24) is 9.38 Å². The van der Waals surface area contributed by atoms with Crippen LogP contribution in [0.1, 0.15) is 5.69 Å². The number of benzene rings is 1. The van der Waals surface area contributed by atoms with Crippen LogP contribution in [0, 0.1) is 0 Å². The number of imidazole rings is 1. The van der Waals surface area contributed by atoms with Crippen LogP contribution in [0.25, 0.3) is 4.96 Å². The first kappa shape index (κ1) is 11.8. The molecule has 1 aromatic carbocycles. The highest BCUT2D eigenvalue weighted by molar-refractivity contribution is 7.15. The number of halogens is 2. The lowest BCUT2D eigenvalue weighted by atomic mass is 10.3. The van der Waals surface area contributed by atoms with Gasteiger partial charge in [-0.2, -0.15) is 4.98 Å². The number of hydrogen-bond donors (Lipinski definition) is 0. The first-order chi connectivity index (χ1) is 8.78. The van der Waals surface area contributed by atoms with E-state index in [1.54, 1.807) is 12.1 Å². The number of fused-ring (bicyclic) bond motifs is 1. The summed E-state index contributed by atoms with van der Waals surface area (Å²) in [4.78, 5) is 5.26. The van der Waals surface area contributed by atoms with Gasteiger partial charge in [-0.05, 0) is 18.2 Å². The Kier molecular flexibility index (Phi) is 3.16. The summed E-state index contributed by atoms with van der Waals surface area (Å²) >= 11 is 13.4. The van der Waals surface area contributed by atoms with Gasteiger partial charge < -0.3 is 4.74 Å². The molecule has 6 heteroatoms. The Morgan fingerprint density at radius 2 is 2.28 bits per heavy atom. The van der Waals surface area contributed by atoms with E-state index in [2.05, 4.69) is 4.98 Å². The molecule has 0 unspecified atom stereocenters. The number of nitrogens with zero attached hydrogens (tertiary/aromatic N) is 2. The Bertz CT molecular complexity index is 692. The minimum absolute atomic E-state index is 0.341. The van der Waals surface area contributed by atoms with Crippen molar-refractivity contribution in [3.63, 3.8) is 0 Å². The van der Waals surface area contributed by atoms with Gasteiger partial charge in [0, 0.05) is 16.6 Å². The van der Waals surface area contributed by atoms with Gasteiger partial charge in [0.1, 0.15) is 11.4 Å². The number of ether oxygens (including phenoxy) is 1. The van der Waals surface area contributed by atoms with Gasteiger partial charge in [0.2, 0.25) is 5.88 Å². The van der Waals surface area contributed by atoms with Crippen LogP contribution in [0.2, 0.25) is 5.02 Å². The minimum atomic E-state index is 0.341. The van der Waals surface area contributed by atoms with Gasteiger partial charge in [-0.1, -0.05) is 17.7 Å². The van der Waals surface area contributed by atoms with Crippen LogP contribution in [0.15, 0.2) is 35.8 Å². The Labute approximate surface area is 118 Å². The van der Waals surface area contributed by atoms with Crippen LogP contribution in [-0.2, 0) is 5.88 Å². The van der Waals surface area contributed by atoms with Crippen LogP contribution in [0.3, 0.4) is 0 Å². The molecular weight excluding hydrogens is 291 g/mol. The van der Waals surface area contributed by atoms with Gasteiger partial charge in [-0.15, -0.1) is 22.9 Å². The van der Waals surface area contributed by atoms with Crippen molar-refractivity contribution in [2.24, 2.45) is 0 Å². The smallest absolute Gasteiger partial charge is 0.243 e. The van der Waals surface area contributed by atoms with E-state index in [-0.39, 0.29) is 0 Å². The van der Waals surface area contributed by atoms with Crippen molar-refractivity contribution in [1.29, 1.82) is 0 Å². The number of aromatic nitrogens is 2. The Hall–Kier alpha value is -1.23. The summed E-state index contributed by atoms with van der Waals surface area (Å²) in [7, 11) is 0. The molecule has 3 aromatic rings. The second-order valence-corrected chi connectivity index (χ2v) is 5.19. The van der Waals surface area contributed by atoms with E-state index in [1.165, 1.54) is 11.3 Å². The molecule has 0 saturated carbocycles. The monoisotopic (exact) mass is 298 g/mol. The minimum Gasteiger partial charge on any atom is -0.437 e. The zero-order valence-corrected chi connectivity index (χ0v) is 11.5. The second-order valence-electron chi connectivity index (χ2n) is 3.61. The lowest BCUT2D eigenvalue weighted by Gasteiger charge is -2.04. The van der Waals surface area contributed by atoms with Gasteiger partial charge in [-0.25, -0.2) is 0 Å². The standard InChI is InChI=1S/C12H8Cl2N2OS/c13-7-10-11(15-12-16(10)4-5-18-12)17-9-3-1-2-8(14)6-9/h1-6H,7H2. The average Bonchev–Trinajstić information content (AvgIpc) is 2.89. The van der Waals surface area contributed by atoms with Gasteiger partial charge in [-0.3, -0.25) is 4.40 Å². The van der Waals surface area contributed by atoms with Gasteiger partial charge in [0.05, 0.1) is 5.88 Å². The van der Waals surface area contributed by atoms with Gasteiger partial charge >= 0.3 is 0 Å². The SMILES string of the molecule is ClCc1c(Oc2cccc(Cl)c2)nc2sccn12. The maximum atomic E-state index is 5.94. The van der Waals surface area contributed by atoms with Crippen LogP contribution >= 0.6 is 34.5 Å². The predicted molar refractivity (Wildman–Crippen MR) is 74.2 cm³/mol. The zero-order chi connectivity index (χ0) is 12.5. The Morgan fingerprint density at radius 1 is 1.39 bits per heavy atom. The molecule has 2 aromatic heterocycles. The van der Waals surface area contributed by atoms with E-state index in [0.29, 0.717) is 22.5 Å². The molecule has 0 spiro atoms. The molecule has 18 heavy (non-hydrogen) atoms. The van der Waals surface area contributed by atoms with Crippen molar-refractivity contribution in [2.75, 3.05) is 0 Å². The highest BCUT2D eigenvalue weighted by atomic mass is 35.5. The third-order valence-electron chi connectivity index (χ3n) is 2.46. The molecule has 0 N–H and O–H groups in total. The van der Waals surface area contributed by atoms with Crippen LogP contribution < -0.4 is 4.74 Å². The molecule has 0 aliphatic rings. The number of hydrogen-bond acceptors (Lipinski definition) is 3. The number of thiazole rings is 1. The molecule has 0 atom stereocenters. The highest BCUT2D eigenvalue weighted by Crippen LogP contribution is 2.29. The largest absolute Gasteiger partial charge is 0.437 e. The summed E-state index contributed by atoms with van der Waals surface area (Å²) in [5, 5.41) is 2.59. The van der Waals surface area contributed by atoms with Crippen molar-refractivity contribution in [3.8, 4) is 11.6 Å². The van der Waals surface area contributed by atoms with Gasteiger partial charge in [0.15, 0.2) is 4.96 Å². The highest BCUT2D eigenvalue weighted by Gasteiger charge is 2.14. The summed E-state index contributed by atoms with van der Waals surface area (Å²) in [6, 6.07) is 7.20. The zero-order valence-electron chi connectivity index (χ0n) is 9.14. The maximum Gasteiger partial charge on any atom is 0.243 e. The number of alkyl halides is 1. The molecule has 0 radical (unpaired) electrons. The Balaban J connectivity index is 2.01. The van der Waals surface area contributed by atoms with Crippen molar-refractivity contribution >= 4 is 39.5 Å². The lowest BCUT2D eigenvalue weighted by molar-refractivity contribution is 0.461. The summed E-state index contributed by atoms with van der Waals surface area (Å²) in [6.07, 6.45) is 1.93. The molecular formula is C12H8Cl2N2OS. The van der Waals surface area contributed by atoms with Crippen LogP contribution in [0.4, 0.5) is 0 Å². The lowest BCUT2D eigenvalue weighted by Crippen LogP contribution is -1.90. The molecule has 3 nitrogen and oxygen atoms in total. The second kappa shape index (κ2) is 4.80. The molecule has 0 amide bonds. The third-order valence-corrected chi connectivity index (χ3v) is 3.71. The molecule has 0 aliphatic carbocycles. The fraction of sp³-hybridized carbons (Fsp3) is 0.0833. The van der Waals surface area contributed by atoms with E-state index in [4.69, 9.17) is 27.9 Å². The quantitative estimate of drug-likeness (QED) is 0.662. The first-order valence-electron chi connectivity index (χ1n) is 5.22. The molecule has 0 bridgehead atoms. The van der Waals surface area contributed by atoms with E-state index >= 15 is 0 Å². The van der Waals surface area contributed by atoms with Crippen LogP contribution in [0.5, 0.6) is 11.6 Å². The topological polar surface area (TPSA) is 26.5 Å². The fourth-order valence-electron chi connectivity index (χ4n) is 1.66. The third kappa shape index (κ3) is 2.07. The van der Waals surface area contributed by atoms with E-state index < -0.39 is 0 Å². The molecule has 2 heterocycles. The molecule has 92 valence electrons. The van der Waals surface area contributed by atoms with Crippen molar-refractivity contribution in [3.05, 3.63) is 46.6 Å². The summed E-state index contributed by atoms with van der Waals surface area (Å²) in [5.41, 5.74) is 0.841. The van der Waals surface area contributed by atoms with E-state index in [0.717, 1.165) is 10.7 Å². The first-order valence-corrected chi connectivity index (χ1v) is 7.01. The molecule has 0 fully saturated rings. The predicted octanol–water partition coefficient (Wildman–Crippen LogP) is 4.58. The summed E-state index contributed by atoms with van der Waals surface area (Å²) in [5.74, 6) is 1.52. The molecule has 0 saturated heterocycles. The van der Waals surface area contributed by atoms with Crippen molar-refractivity contribution < 1.29 is 4.74 Å². The van der Waals surface area contributed by atoms with E-state index in [9.17, 15) is 0 Å². The molecule has 0 aliphatic heterocycles. The average molecular weight is 299 g/mol. The van der Waals surface area contributed by atoms with Gasteiger partial charge in [0.25, 0.3) is 0 Å². The summed E-state index contributed by atoms with van der Waals surface area (Å²) < 4.78 is 7.66. The van der Waals surface area contributed by atoms with Crippen molar-refractivity contribution in [2.45, 2.75) is 5.88 Å². The normalized spacial score (nSPS) is 11.0. The fourth-order valence-corrected chi connectivity index (χ4v) is 2.81. The van der Waals surface area contributed by atoms with E-state index in [1.807, 2.05) is 28.1 Å². The maximum absolute atomic E-state index is 5.94. The number of rotatable bonds is 3. The van der Waals surface area contributed by atoms with Crippen LogP contribution in [-0.4, -0.2) is 9.38 Å².